The predicted octanol–water partition coefficient (Wildman–Crippen LogP) is 2.35. The summed E-state index contributed by atoms with van der Waals surface area (Å²) >= 11 is 0. The third-order valence-electron chi connectivity index (χ3n) is 2.88. The lowest BCUT2D eigenvalue weighted by Crippen LogP contribution is -2.23. The van der Waals surface area contributed by atoms with Gasteiger partial charge in [-0.3, -0.25) is 0 Å². The predicted molar refractivity (Wildman–Crippen MR) is 76.4 cm³/mol. The second kappa shape index (κ2) is 5.87. The lowest BCUT2D eigenvalue weighted by Gasteiger charge is -2.07. The Kier molecular flexibility index (Phi) is 4.18. The van der Waals surface area contributed by atoms with E-state index in [0.29, 0.717) is 5.56 Å². The molecule has 0 radical (unpaired) electrons. The third kappa shape index (κ3) is 3.44. The number of aryl methyl sites for hydroxylation is 1. The lowest BCUT2D eigenvalue weighted by molar-refractivity contribution is 0.581. The Morgan fingerprint density at radius 2 is 1.65 bits per heavy atom. The lowest BCUT2D eigenvalue weighted by atomic mass is 10.1. The molecule has 0 amide bonds. The Balaban J connectivity index is 2.09. The van der Waals surface area contributed by atoms with Crippen LogP contribution >= 0.6 is 0 Å². The number of rotatable bonds is 4. The first kappa shape index (κ1) is 14.3. The van der Waals surface area contributed by atoms with E-state index in [0.717, 1.165) is 11.1 Å². The topological polar surface area (TPSA) is 70.0 Å². The largest absolute Gasteiger partial charge is 0.240 e. The normalized spacial score (nSPS) is 11.0. The van der Waals surface area contributed by atoms with Crippen LogP contribution in [0.1, 0.15) is 16.7 Å². The molecule has 0 aromatic heterocycles. The van der Waals surface area contributed by atoms with Gasteiger partial charge in [0, 0.05) is 6.54 Å². The summed E-state index contributed by atoms with van der Waals surface area (Å²) in [4.78, 5) is 0.247. The summed E-state index contributed by atoms with van der Waals surface area (Å²) in [6.07, 6.45) is 0. The number of hydrogen-bond acceptors (Lipinski definition) is 3. The Morgan fingerprint density at radius 1 is 1.05 bits per heavy atom. The van der Waals surface area contributed by atoms with E-state index in [1.165, 1.54) is 0 Å². The standard InChI is InChI=1S/C15H14N2O2S/c1-12-2-8-15(9-3-12)20(18,19)17-11-14-6-4-13(10-16)5-7-14/h2-9,17H,11H2,1H3. The second-order valence-corrected chi connectivity index (χ2v) is 6.21. The van der Waals surface area contributed by atoms with Crippen molar-refractivity contribution in [3.63, 3.8) is 0 Å². The van der Waals surface area contributed by atoms with Gasteiger partial charge in [-0.1, -0.05) is 29.8 Å². The van der Waals surface area contributed by atoms with E-state index in [-0.39, 0.29) is 11.4 Å². The summed E-state index contributed by atoms with van der Waals surface area (Å²) in [5.74, 6) is 0. The molecular weight excluding hydrogens is 272 g/mol. The molecule has 20 heavy (non-hydrogen) atoms. The van der Waals surface area contributed by atoms with Crippen LogP contribution < -0.4 is 4.72 Å². The molecule has 0 fully saturated rings. The number of hydrogen-bond donors (Lipinski definition) is 1. The fourth-order valence-corrected chi connectivity index (χ4v) is 2.69. The molecule has 0 bridgehead atoms. The maximum Gasteiger partial charge on any atom is 0.240 e. The van der Waals surface area contributed by atoms with Crippen LogP contribution in [0, 0.1) is 18.3 Å². The monoisotopic (exact) mass is 286 g/mol. The maximum absolute atomic E-state index is 12.1. The van der Waals surface area contributed by atoms with Crippen LogP contribution in [0.4, 0.5) is 0 Å². The molecule has 2 aromatic carbocycles. The first-order valence-corrected chi connectivity index (χ1v) is 7.55. The maximum atomic E-state index is 12.1. The highest BCUT2D eigenvalue weighted by molar-refractivity contribution is 7.89. The highest BCUT2D eigenvalue weighted by Crippen LogP contribution is 2.11. The van der Waals surface area contributed by atoms with Gasteiger partial charge in [0.25, 0.3) is 0 Å². The van der Waals surface area contributed by atoms with E-state index in [9.17, 15) is 8.42 Å². The molecule has 102 valence electrons. The summed E-state index contributed by atoms with van der Waals surface area (Å²) < 4.78 is 26.7. The zero-order valence-corrected chi connectivity index (χ0v) is 11.8. The van der Waals surface area contributed by atoms with Crippen LogP contribution in [0.15, 0.2) is 53.4 Å². The highest BCUT2D eigenvalue weighted by atomic mass is 32.2. The Labute approximate surface area is 118 Å². The molecule has 2 rings (SSSR count). The number of benzene rings is 2. The number of nitrogens with one attached hydrogen (secondary N) is 1. The van der Waals surface area contributed by atoms with Crippen LogP contribution in [-0.2, 0) is 16.6 Å². The molecule has 0 aliphatic rings. The van der Waals surface area contributed by atoms with E-state index < -0.39 is 10.0 Å². The molecule has 4 nitrogen and oxygen atoms in total. The van der Waals surface area contributed by atoms with E-state index >= 15 is 0 Å². The van der Waals surface area contributed by atoms with Crippen molar-refractivity contribution < 1.29 is 8.42 Å². The van der Waals surface area contributed by atoms with E-state index in [2.05, 4.69) is 4.72 Å². The quantitative estimate of drug-likeness (QED) is 0.938. The molecule has 0 saturated carbocycles. The van der Waals surface area contributed by atoms with Crippen LogP contribution in [0.5, 0.6) is 0 Å². The molecule has 0 atom stereocenters. The zero-order chi connectivity index (χ0) is 14.6. The van der Waals surface area contributed by atoms with Crippen LogP contribution in [0.2, 0.25) is 0 Å². The van der Waals surface area contributed by atoms with Crippen molar-refractivity contribution in [1.29, 1.82) is 5.26 Å². The molecular formula is C15H14N2O2S. The molecule has 5 heteroatoms. The molecule has 0 unspecified atom stereocenters. The number of sulfonamides is 1. The third-order valence-corrected chi connectivity index (χ3v) is 4.30. The average molecular weight is 286 g/mol. The second-order valence-electron chi connectivity index (χ2n) is 4.45. The van der Waals surface area contributed by atoms with Gasteiger partial charge in [0.1, 0.15) is 0 Å². The van der Waals surface area contributed by atoms with Crippen molar-refractivity contribution in [2.45, 2.75) is 18.4 Å². The van der Waals surface area contributed by atoms with Crippen molar-refractivity contribution in [2.75, 3.05) is 0 Å². The Bertz CT molecular complexity index is 727. The first-order chi connectivity index (χ1) is 9.51. The summed E-state index contributed by atoms with van der Waals surface area (Å²) in [7, 11) is -3.51. The van der Waals surface area contributed by atoms with Crippen molar-refractivity contribution >= 4 is 10.0 Å². The molecule has 0 saturated heterocycles. The van der Waals surface area contributed by atoms with Gasteiger partial charge in [0.2, 0.25) is 10.0 Å². The van der Waals surface area contributed by atoms with Crippen LogP contribution in [-0.4, -0.2) is 8.42 Å². The van der Waals surface area contributed by atoms with Crippen LogP contribution in [0.3, 0.4) is 0 Å². The molecule has 0 heterocycles. The average Bonchev–Trinajstić information content (AvgIpc) is 2.46. The van der Waals surface area contributed by atoms with Gasteiger partial charge in [-0.05, 0) is 36.8 Å². The van der Waals surface area contributed by atoms with Crippen molar-refractivity contribution in [2.24, 2.45) is 0 Å². The molecule has 1 N–H and O–H groups in total. The summed E-state index contributed by atoms with van der Waals surface area (Å²) in [6.45, 7) is 2.10. The van der Waals surface area contributed by atoms with Gasteiger partial charge < -0.3 is 0 Å². The minimum absolute atomic E-state index is 0.196. The van der Waals surface area contributed by atoms with Gasteiger partial charge in [-0.2, -0.15) is 5.26 Å². The van der Waals surface area contributed by atoms with Gasteiger partial charge in [-0.25, -0.2) is 13.1 Å². The van der Waals surface area contributed by atoms with Gasteiger partial charge in [0.05, 0.1) is 16.5 Å². The minimum Gasteiger partial charge on any atom is -0.207 e. The Hall–Kier alpha value is -2.16. The SMILES string of the molecule is Cc1ccc(S(=O)(=O)NCc2ccc(C#N)cc2)cc1. The smallest absolute Gasteiger partial charge is 0.207 e. The van der Waals surface area contributed by atoms with Gasteiger partial charge >= 0.3 is 0 Å². The minimum atomic E-state index is -3.51. The van der Waals surface area contributed by atoms with E-state index in [1.54, 1.807) is 48.5 Å². The molecule has 0 spiro atoms. The highest BCUT2D eigenvalue weighted by Gasteiger charge is 2.12. The summed E-state index contributed by atoms with van der Waals surface area (Å²) in [6, 6.07) is 15.5. The van der Waals surface area contributed by atoms with Crippen molar-refractivity contribution in [3.05, 3.63) is 65.2 Å². The summed E-state index contributed by atoms with van der Waals surface area (Å²) in [5, 5.41) is 8.70. The van der Waals surface area contributed by atoms with Crippen molar-refractivity contribution in [3.8, 4) is 6.07 Å². The van der Waals surface area contributed by atoms with Gasteiger partial charge in [0.15, 0.2) is 0 Å². The fraction of sp³-hybridized carbons (Fsp3) is 0.133. The summed E-state index contributed by atoms with van der Waals surface area (Å²) in [5.41, 5.74) is 2.37. The van der Waals surface area contributed by atoms with Crippen molar-refractivity contribution in [1.82, 2.24) is 4.72 Å². The molecule has 0 aliphatic carbocycles. The van der Waals surface area contributed by atoms with Crippen LogP contribution in [0.25, 0.3) is 0 Å². The molecule has 0 aliphatic heterocycles. The first-order valence-electron chi connectivity index (χ1n) is 6.07. The number of nitrogens with zero attached hydrogens (tertiary/aromatic N) is 1. The van der Waals surface area contributed by atoms with E-state index in [4.69, 9.17) is 5.26 Å². The zero-order valence-electron chi connectivity index (χ0n) is 11.0. The number of nitriles is 1. The Morgan fingerprint density at radius 3 is 2.20 bits per heavy atom. The fourth-order valence-electron chi connectivity index (χ4n) is 1.68. The van der Waals surface area contributed by atoms with Gasteiger partial charge in [-0.15, -0.1) is 0 Å². The molecule has 2 aromatic rings. The van der Waals surface area contributed by atoms with E-state index in [1.807, 2.05) is 13.0 Å².